The first-order valence-electron chi connectivity index (χ1n) is 4.28. The van der Waals surface area contributed by atoms with Crippen LogP contribution in [0, 0.1) is 11.6 Å². The quantitative estimate of drug-likeness (QED) is 0.559. The van der Waals surface area contributed by atoms with Crippen LogP contribution in [0.15, 0.2) is 17.1 Å². The molecule has 0 aliphatic rings. The van der Waals surface area contributed by atoms with Crippen LogP contribution in [0.25, 0.3) is 10.9 Å². The van der Waals surface area contributed by atoms with Gasteiger partial charge in [-0.05, 0) is 6.07 Å². The number of halogens is 2. The van der Waals surface area contributed by atoms with Crippen LogP contribution in [-0.4, -0.2) is 16.3 Å². The van der Waals surface area contributed by atoms with Crippen molar-refractivity contribution in [3.63, 3.8) is 0 Å². The molecule has 0 saturated carbocycles. The van der Waals surface area contributed by atoms with Crippen molar-refractivity contribution in [2.24, 2.45) is 10.7 Å². The molecule has 1 aromatic heterocycles. The van der Waals surface area contributed by atoms with E-state index in [1.165, 1.54) is 0 Å². The largest absolute Gasteiger partial charge is 0.390 e. The molecule has 0 aliphatic carbocycles. The van der Waals surface area contributed by atoms with Crippen LogP contribution in [0.3, 0.4) is 0 Å². The van der Waals surface area contributed by atoms with Gasteiger partial charge in [-0.2, -0.15) is 4.98 Å². The van der Waals surface area contributed by atoms with Crippen molar-refractivity contribution in [3.05, 3.63) is 23.8 Å². The molecule has 2 aromatic rings. The highest BCUT2D eigenvalue weighted by atomic mass is 19.1. The summed E-state index contributed by atoms with van der Waals surface area (Å²) in [6, 6.07) is 1.78. The Balaban J connectivity index is 2.89. The third kappa shape index (κ3) is 1.62. The van der Waals surface area contributed by atoms with Crippen molar-refractivity contribution in [2.45, 2.75) is 0 Å². The highest BCUT2D eigenvalue weighted by Crippen LogP contribution is 2.26. The molecule has 0 unspecified atom stereocenters. The number of aromatic nitrogens is 2. The van der Waals surface area contributed by atoms with Crippen molar-refractivity contribution < 1.29 is 8.78 Å². The number of fused-ring (bicyclic) bond motifs is 1. The van der Waals surface area contributed by atoms with Gasteiger partial charge in [-0.15, -0.1) is 0 Å². The fourth-order valence-corrected chi connectivity index (χ4v) is 1.33. The smallest absolute Gasteiger partial charge is 0.222 e. The van der Waals surface area contributed by atoms with E-state index in [1.807, 2.05) is 0 Å². The number of rotatable bonds is 1. The molecular weight excluding hydrogens is 216 g/mol. The number of hydrogen-bond acceptors (Lipinski definition) is 4. The second kappa shape index (κ2) is 3.69. The average Bonchev–Trinajstić information content (AvgIpc) is 2.20. The Morgan fingerprint density at radius 1 is 1.25 bits per heavy atom. The van der Waals surface area contributed by atoms with Gasteiger partial charge in [0.2, 0.25) is 5.95 Å². The number of nitrogen functional groups attached to an aromatic ring is 1. The molecule has 0 saturated heterocycles. The molecule has 0 radical (unpaired) electrons. The molecule has 1 aromatic carbocycles. The number of anilines is 1. The molecule has 0 fully saturated rings. The van der Waals surface area contributed by atoms with E-state index in [1.54, 1.807) is 0 Å². The van der Waals surface area contributed by atoms with Crippen LogP contribution in [0.5, 0.6) is 0 Å². The van der Waals surface area contributed by atoms with E-state index in [2.05, 4.69) is 15.0 Å². The van der Waals surface area contributed by atoms with Crippen LogP contribution in [0.4, 0.5) is 20.5 Å². The second-order valence-electron chi connectivity index (χ2n) is 2.97. The van der Waals surface area contributed by atoms with Crippen LogP contribution < -0.4 is 11.5 Å². The van der Waals surface area contributed by atoms with E-state index in [-0.39, 0.29) is 22.7 Å². The fraction of sp³-hybridized carbons (Fsp3) is 0. The lowest BCUT2D eigenvalue weighted by Crippen LogP contribution is -1.98. The van der Waals surface area contributed by atoms with Crippen LogP contribution in [-0.2, 0) is 0 Å². The van der Waals surface area contributed by atoms with Gasteiger partial charge in [0.15, 0.2) is 11.6 Å². The van der Waals surface area contributed by atoms with E-state index in [0.29, 0.717) is 6.07 Å². The van der Waals surface area contributed by atoms with Gasteiger partial charge in [0.25, 0.3) is 0 Å². The fourth-order valence-electron chi connectivity index (χ4n) is 1.33. The summed E-state index contributed by atoms with van der Waals surface area (Å²) >= 11 is 0. The maximum atomic E-state index is 13.4. The van der Waals surface area contributed by atoms with Crippen LogP contribution >= 0.6 is 0 Å². The topological polar surface area (TPSA) is 90.2 Å². The number of aliphatic imine (C=N–C) groups is 1. The molecule has 16 heavy (non-hydrogen) atoms. The number of nitrogens with zero attached hydrogens (tertiary/aromatic N) is 3. The molecule has 0 atom stereocenters. The summed E-state index contributed by atoms with van der Waals surface area (Å²) in [7, 11) is 0. The van der Waals surface area contributed by atoms with Crippen LogP contribution in [0.1, 0.15) is 0 Å². The Kier molecular flexibility index (Phi) is 2.35. The van der Waals surface area contributed by atoms with Gasteiger partial charge < -0.3 is 11.5 Å². The highest BCUT2D eigenvalue weighted by Gasteiger charge is 2.11. The first kappa shape index (κ1) is 10.2. The summed E-state index contributed by atoms with van der Waals surface area (Å²) in [5.74, 6) is -1.69. The number of benzene rings is 1. The molecule has 1 heterocycles. The van der Waals surface area contributed by atoms with Crippen molar-refractivity contribution in [1.82, 2.24) is 9.97 Å². The lowest BCUT2D eigenvalue weighted by Gasteiger charge is -2.03. The first-order valence-corrected chi connectivity index (χ1v) is 4.28. The van der Waals surface area contributed by atoms with Gasteiger partial charge in [-0.3, -0.25) is 0 Å². The third-order valence-electron chi connectivity index (χ3n) is 1.91. The predicted molar refractivity (Wildman–Crippen MR) is 56.2 cm³/mol. The lowest BCUT2D eigenvalue weighted by molar-refractivity contribution is 0.590. The average molecular weight is 223 g/mol. The zero-order valence-electron chi connectivity index (χ0n) is 7.98. The van der Waals surface area contributed by atoms with Crippen LogP contribution in [0.2, 0.25) is 0 Å². The predicted octanol–water partition coefficient (Wildman–Crippen LogP) is 1.11. The second-order valence-corrected chi connectivity index (χ2v) is 2.97. The maximum Gasteiger partial charge on any atom is 0.222 e. The van der Waals surface area contributed by atoms with E-state index in [0.717, 1.165) is 12.4 Å². The van der Waals surface area contributed by atoms with Gasteiger partial charge >= 0.3 is 0 Å². The number of nitrogens with two attached hydrogens (primary N) is 2. The number of hydrogen-bond donors (Lipinski definition) is 2. The minimum Gasteiger partial charge on any atom is -0.390 e. The summed E-state index contributed by atoms with van der Waals surface area (Å²) in [6.45, 7) is 0. The molecule has 0 aliphatic heterocycles. The SMILES string of the molecule is NC=Nc1nc(N)nc2c(F)cc(F)cc12. The van der Waals surface area contributed by atoms with Gasteiger partial charge in [-0.25, -0.2) is 18.8 Å². The van der Waals surface area contributed by atoms with Gasteiger partial charge in [0, 0.05) is 6.07 Å². The summed E-state index contributed by atoms with van der Waals surface area (Å²) in [5.41, 5.74) is 10.4. The zero-order valence-corrected chi connectivity index (χ0v) is 7.98. The normalized spacial score (nSPS) is 11.4. The van der Waals surface area contributed by atoms with Crippen molar-refractivity contribution in [2.75, 3.05) is 5.73 Å². The van der Waals surface area contributed by atoms with Crippen molar-refractivity contribution in [1.29, 1.82) is 0 Å². The standard InChI is InChI=1S/C9H7F2N5/c10-4-1-5-7(6(11)2-4)15-9(13)16-8(5)14-3-12/h1-3H,(H4,12,13,14,15,16). The molecule has 2 rings (SSSR count). The molecule has 5 nitrogen and oxygen atoms in total. The van der Waals surface area contributed by atoms with Gasteiger partial charge in [0.1, 0.15) is 11.3 Å². The minimum atomic E-state index is -0.822. The van der Waals surface area contributed by atoms with Crippen molar-refractivity contribution >= 4 is 29.0 Å². The summed E-state index contributed by atoms with van der Waals surface area (Å²) < 4.78 is 26.4. The Bertz CT molecular complexity index is 582. The Hall–Kier alpha value is -2.31. The third-order valence-corrected chi connectivity index (χ3v) is 1.91. The van der Waals surface area contributed by atoms with Gasteiger partial charge in [-0.1, -0.05) is 0 Å². The molecule has 0 spiro atoms. The van der Waals surface area contributed by atoms with E-state index in [9.17, 15) is 8.78 Å². The Labute approximate surface area is 88.8 Å². The highest BCUT2D eigenvalue weighted by molar-refractivity contribution is 5.90. The minimum absolute atomic E-state index is 0.0309. The van der Waals surface area contributed by atoms with E-state index >= 15 is 0 Å². The molecule has 0 bridgehead atoms. The first-order chi connectivity index (χ1) is 7.61. The monoisotopic (exact) mass is 223 g/mol. The zero-order chi connectivity index (χ0) is 11.7. The molecular formula is C9H7F2N5. The lowest BCUT2D eigenvalue weighted by atomic mass is 10.2. The summed E-state index contributed by atoms with van der Waals surface area (Å²) in [6.07, 6.45) is 0.962. The molecule has 7 heteroatoms. The van der Waals surface area contributed by atoms with Gasteiger partial charge in [0.05, 0.1) is 11.7 Å². The molecule has 0 amide bonds. The molecule has 82 valence electrons. The molecule has 4 N–H and O–H groups in total. The Morgan fingerprint density at radius 2 is 2.00 bits per heavy atom. The summed E-state index contributed by atoms with van der Waals surface area (Å²) in [4.78, 5) is 11.1. The van der Waals surface area contributed by atoms with E-state index in [4.69, 9.17) is 11.5 Å². The summed E-state index contributed by atoms with van der Waals surface area (Å²) in [5, 5.41) is 0.119. The van der Waals surface area contributed by atoms with Crippen molar-refractivity contribution in [3.8, 4) is 0 Å². The van der Waals surface area contributed by atoms with E-state index < -0.39 is 11.6 Å². The Morgan fingerprint density at radius 3 is 2.69 bits per heavy atom. The maximum absolute atomic E-state index is 13.4.